The Hall–Kier alpha value is -0.650. The lowest BCUT2D eigenvalue weighted by Gasteiger charge is -2.33. The van der Waals surface area contributed by atoms with Crippen molar-refractivity contribution in [2.75, 3.05) is 52.4 Å². The minimum atomic E-state index is -0.695. The van der Waals surface area contributed by atoms with Gasteiger partial charge < -0.3 is 14.9 Å². The first kappa shape index (κ1) is 21.4. The number of hydrogen-bond donors (Lipinski definition) is 1. The fourth-order valence-corrected chi connectivity index (χ4v) is 2.69. The van der Waals surface area contributed by atoms with Crippen molar-refractivity contribution in [1.82, 2.24) is 14.7 Å². The molecule has 0 aromatic carbocycles. The van der Waals surface area contributed by atoms with Crippen LogP contribution in [-0.4, -0.2) is 84.2 Å². The molecule has 0 bridgehead atoms. The third kappa shape index (κ3) is 9.38. The van der Waals surface area contributed by atoms with Gasteiger partial charge in [-0.1, -0.05) is 27.7 Å². The van der Waals surface area contributed by atoms with E-state index < -0.39 is 5.97 Å². The van der Waals surface area contributed by atoms with Crippen LogP contribution >= 0.6 is 0 Å². The number of likely N-dealkylation sites (N-methyl/N-ethyl adjacent to an activating group) is 2. The maximum absolute atomic E-state index is 10.8. The molecule has 0 heterocycles. The van der Waals surface area contributed by atoms with Crippen LogP contribution in [0.1, 0.15) is 47.5 Å². The number of rotatable bonds is 14. The molecule has 0 aliphatic heterocycles. The second kappa shape index (κ2) is 12.9. The van der Waals surface area contributed by atoms with Gasteiger partial charge in [-0.3, -0.25) is 9.69 Å². The summed E-state index contributed by atoms with van der Waals surface area (Å²) < 4.78 is 0. The van der Waals surface area contributed by atoms with Crippen LogP contribution in [0.15, 0.2) is 0 Å². The Morgan fingerprint density at radius 3 is 1.59 bits per heavy atom. The maximum atomic E-state index is 10.8. The van der Waals surface area contributed by atoms with E-state index in [9.17, 15) is 4.79 Å². The first-order chi connectivity index (χ1) is 10.5. The van der Waals surface area contributed by atoms with Gasteiger partial charge in [0.25, 0.3) is 0 Å². The highest BCUT2D eigenvalue weighted by Crippen LogP contribution is 2.08. The molecule has 0 aliphatic carbocycles. The monoisotopic (exact) mass is 315 g/mol. The molecule has 0 fully saturated rings. The van der Waals surface area contributed by atoms with Gasteiger partial charge in [-0.05, 0) is 39.5 Å². The fourth-order valence-electron chi connectivity index (χ4n) is 2.69. The molecule has 0 radical (unpaired) electrons. The number of carbonyl (C=O) groups is 1. The Balaban J connectivity index is 4.49. The Morgan fingerprint density at radius 2 is 1.27 bits per heavy atom. The third-order valence-electron chi connectivity index (χ3n) is 4.60. The van der Waals surface area contributed by atoms with Gasteiger partial charge in [0.05, 0.1) is 0 Å². The summed E-state index contributed by atoms with van der Waals surface area (Å²) in [7, 11) is 0. The summed E-state index contributed by atoms with van der Waals surface area (Å²) in [5, 5.41) is 8.90. The van der Waals surface area contributed by atoms with E-state index in [4.69, 9.17) is 5.11 Å². The number of hydrogen-bond acceptors (Lipinski definition) is 4. The Labute approximate surface area is 137 Å². The molecule has 0 saturated carbocycles. The zero-order valence-electron chi connectivity index (χ0n) is 15.3. The molecule has 1 N–H and O–H groups in total. The van der Waals surface area contributed by atoms with Gasteiger partial charge >= 0.3 is 5.97 Å². The minimum absolute atomic E-state index is 0.258. The first-order valence-electron chi connectivity index (χ1n) is 8.88. The van der Waals surface area contributed by atoms with Gasteiger partial charge in [-0.2, -0.15) is 0 Å². The van der Waals surface area contributed by atoms with E-state index in [-0.39, 0.29) is 6.42 Å². The lowest BCUT2D eigenvalue weighted by molar-refractivity contribution is -0.137. The second-order valence-corrected chi connectivity index (χ2v) is 5.87. The lowest BCUT2D eigenvalue weighted by Crippen LogP contribution is -2.44. The summed E-state index contributed by atoms with van der Waals surface area (Å²) in [4.78, 5) is 18.1. The predicted molar refractivity (Wildman–Crippen MR) is 93.5 cm³/mol. The molecule has 0 amide bonds. The molecule has 5 heteroatoms. The Bertz CT molecular complexity index is 263. The van der Waals surface area contributed by atoms with Crippen LogP contribution in [-0.2, 0) is 4.79 Å². The highest BCUT2D eigenvalue weighted by atomic mass is 16.4. The van der Waals surface area contributed by atoms with Gasteiger partial charge in [0.1, 0.15) is 0 Å². The molecule has 0 saturated heterocycles. The van der Waals surface area contributed by atoms with Crippen LogP contribution < -0.4 is 0 Å². The molecule has 0 aromatic rings. The van der Waals surface area contributed by atoms with Crippen LogP contribution in [0.3, 0.4) is 0 Å². The molecule has 22 heavy (non-hydrogen) atoms. The predicted octanol–water partition coefficient (Wildman–Crippen LogP) is 2.23. The van der Waals surface area contributed by atoms with Crippen molar-refractivity contribution in [2.24, 2.45) is 0 Å². The van der Waals surface area contributed by atoms with E-state index in [1.165, 1.54) is 0 Å². The first-order valence-corrected chi connectivity index (χ1v) is 8.88. The molecule has 0 unspecified atom stereocenters. The van der Waals surface area contributed by atoms with Gasteiger partial charge in [0, 0.05) is 38.6 Å². The third-order valence-corrected chi connectivity index (χ3v) is 4.60. The SMILES string of the molecule is CCN(CC)CCN(CCN(CC)CC)[C@H](C)CCC(=O)O. The summed E-state index contributed by atoms with van der Waals surface area (Å²) >= 11 is 0. The number of aliphatic carboxylic acids is 1. The van der Waals surface area contributed by atoms with E-state index >= 15 is 0 Å². The Kier molecular flexibility index (Phi) is 12.5. The van der Waals surface area contributed by atoms with Crippen molar-refractivity contribution < 1.29 is 9.90 Å². The molecule has 132 valence electrons. The molecular weight excluding hydrogens is 278 g/mol. The zero-order valence-corrected chi connectivity index (χ0v) is 15.3. The number of carboxylic acids is 1. The highest BCUT2D eigenvalue weighted by molar-refractivity contribution is 5.66. The largest absolute Gasteiger partial charge is 0.481 e. The quantitative estimate of drug-likeness (QED) is 0.533. The standard InChI is InChI=1S/C17H37N3O2/c1-6-18(7-2)12-14-20(15-13-19(8-3)9-4)16(5)10-11-17(21)22/h16H,6-15H2,1-5H3,(H,21,22)/t16-/m1/s1. The van der Waals surface area contributed by atoms with E-state index in [1.807, 2.05) is 0 Å². The fraction of sp³-hybridized carbons (Fsp3) is 0.941. The van der Waals surface area contributed by atoms with E-state index in [0.29, 0.717) is 6.04 Å². The van der Waals surface area contributed by atoms with Crippen LogP contribution in [0, 0.1) is 0 Å². The molecule has 0 aliphatic rings. The smallest absolute Gasteiger partial charge is 0.303 e. The number of carboxylic acid groups (broad SMARTS) is 1. The van der Waals surface area contributed by atoms with Crippen molar-refractivity contribution >= 4 is 5.97 Å². The molecule has 0 spiro atoms. The lowest BCUT2D eigenvalue weighted by atomic mass is 10.1. The van der Waals surface area contributed by atoms with Crippen molar-refractivity contribution in [1.29, 1.82) is 0 Å². The average molecular weight is 316 g/mol. The van der Waals surface area contributed by atoms with Crippen molar-refractivity contribution in [2.45, 2.75) is 53.5 Å². The summed E-state index contributed by atoms with van der Waals surface area (Å²) in [6.45, 7) is 19.4. The van der Waals surface area contributed by atoms with Gasteiger partial charge in [0.15, 0.2) is 0 Å². The topological polar surface area (TPSA) is 47.0 Å². The summed E-state index contributed by atoms with van der Waals surface area (Å²) in [6, 6.07) is 0.322. The van der Waals surface area contributed by atoms with Crippen LogP contribution in [0.4, 0.5) is 0 Å². The second-order valence-electron chi connectivity index (χ2n) is 5.87. The summed E-state index contributed by atoms with van der Waals surface area (Å²) in [5.41, 5.74) is 0. The van der Waals surface area contributed by atoms with E-state index in [0.717, 1.165) is 58.8 Å². The van der Waals surface area contributed by atoms with Crippen LogP contribution in [0.5, 0.6) is 0 Å². The zero-order chi connectivity index (χ0) is 17.0. The Morgan fingerprint density at radius 1 is 0.864 bits per heavy atom. The van der Waals surface area contributed by atoms with Crippen LogP contribution in [0.25, 0.3) is 0 Å². The molecule has 0 rings (SSSR count). The van der Waals surface area contributed by atoms with Crippen molar-refractivity contribution in [3.63, 3.8) is 0 Å². The maximum Gasteiger partial charge on any atom is 0.303 e. The van der Waals surface area contributed by atoms with Crippen LogP contribution in [0.2, 0.25) is 0 Å². The molecule has 1 atom stereocenters. The normalized spacial score (nSPS) is 13.3. The van der Waals surface area contributed by atoms with Gasteiger partial charge in [-0.15, -0.1) is 0 Å². The average Bonchev–Trinajstić information content (AvgIpc) is 2.52. The summed E-state index contributed by atoms with van der Waals surface area (Å²) in [5.74, 6) is -0.695. The number of nitrogens with zero attached hydrogens (tertiary/aromatic N) is 3. The highest BCUT2D eigenvalue weighted by Gasteiger charge is 2.16. The molecule has 0 aromatic heterocycles. The van der Waals surface area contributed by atoms with Crippen molar-refractivity contribution in [3.8, 4) is 0 Å². The molecule has 5 nitrogen and oxygen atoms in total. The summed E-state index contributed by atoms with van der Waals surface area (Å²) in [6.07, 6.45) is 0.986. The van der Waals surface area contributed by atoms with E-state index in [2.05, 4.69) is 49.3 Å². The van der Waals surface area contributed by atoms with Crippen molar-refractivity contribution in [3.05, 3.63) is 0 Å². The molecular formula is C17H37N3O2. The van der Waals surface area contributed by atoms with Gasteiger partial charge in [0.2, 0.25) is 0 Å². The van der Waals surface area contributed by atoms with E-state index in [1.54, 1.807) is 0 Å². The minimum Gasteiger partial charge on any atom is -0.481 e. The van der Waals surface area contributed by atoms with Gasteiger partial charge in [-0.25, -0.2) is 0 Å².